The summed E-state index contributed by atoms with van der Waals surface area (Å²) in [6, 6.07) is 18.5. The molecule has 2 N–H and O–H groups in total. The highest BCUT2D eigenvalue weighted by Crippen LogP contribution is 2.21. The number of pyridine rings is 1. The van der Waals surface area contributed by atoms with Crippen LogP contribution in [0.2, 0.25) is 5.02 Å². The summed E-state index contributed by atoms with van der Waals surface area (Å²) in [5, 5.41) is 5.14. The summed E-state index contributed by atoms with van der Waals surface area (Å²) in [5.41, 5.74) is 1.92. The Kier molecular flexibility index (Phi) is 6.78. The molecule has 0 unspecified atom stereocenters. The predicted octanol–water partition coefficient (Wildman–Crippen LogP) is 5.57. The number of thiocarbonyl (C=S) groups is 1. The Morgan fingerprint density at radius 3 is 2.78 bits per heavy atom. The van der Waals surface area contributed by atoms with Gasteiger partial charge in [0.05, 0.1) is 26.0 Å². The second-order valence-corrected chi connectivity index (χ2v) is 8.00. The van der Waals surface area contributed by atoms with Crippen molar-refractivity contribution in [1.29, 1.82) is 0 Å². The number of ether oxygens (including phenoxy) is 1. The van der Waals surface area contributed by atoms with Crippen molar-refractivity contribution >= 4 is 45.5 Å². The van der Waals surface area contributed by atoms with Crippen LogP contribution >= 0.6 is 23.8 Å². The van der Waals surface area contributed by atoms with E-state index in [4.69, 9.17) is 33.0 Å². The standard InChI is InChI=1S/C24H22ClN3O3S/c1-2-30-20-8-9-22-16(12-20)11-17(23(29)27-22)14-28(15-21-7-4-10-31-21)24(32)26-19-6-3-5-18(25)13-19/h3-13H,2,14-15H2,1H3,(H,26,32)(H,27,29). The zero-order valence-corrected chi connectivity index (χ0v) is 19.0. The summed E-state index contributed by atoms with van der Waals surface area (Å²) in [6.07, 6.45) is 1.61. The van der Waals surface area contributed by atoms with Gasteiger partial charge < -0.3 is 24.4 Å². The van der Waals surface area contributed by atoms with Crippen molar-refractivity contribution in [2.24, 2.45) is 0 Å². The van der Waals surface area contributed by atoms with Gasteiger partial charge in [-0.2, -0.15) is 0 Å². The molecule has 0 aliphatic carbocycles. The number of hydrogen-bond donors (Lipinski definition) is 2. The molecule has 164 valence electrons. The van der Waals surface area contributed by atoms with Crippen molar-refractivity contribution in [2.45, 2.75) is 20.0 Å². The molecule has 0 aliphatic heterocycles. The third kappa shape index (κ3) is 5.30. The van der Waals surface area contributed by atoms with Crippen molar-refractivity contribution in [3.05, 3.63) is 93.6 Å². The monoisotopic (exact) mass is 467 g/mol. The summed E-state index contributed by atoms with van der Waals surface area (Å²) < 4.78 is 11.1. The summed E-state index contributed by atoms with van der Waals surface area (Å²) in [7, 11) is 0. The third-order valence-electron chi connectivity index (χ3n) is 4.85. The van der Waals surface area contributed by atoms with Gasteiger partial charge in [0.25, 0.3) is 5.56 Å². The molecule has 0 saturated carbocycles. The van der Waals surface area contributed by atoms with Gasteiger partial charge in [-0.15, -0.1) is 0 Å². The van der Waals surface area contributed by atoms with Gasteiger partial charge in [0, 0.05) is 27.2 Å². The number of fused-ring (bicyclic) bond motifs is 1. The van der Waals surface area contributed by atoms with Crippen molar-refractivity contribution in [3.63, 3.8) is 0 Å². The van der Waals surface area contributed by atoms with Crippen LogP contribution in [0, 0.1) is 0 Å². The van der Waals surface area contributed by atoms with E-state index in [-0.39, 0.29) is 12.1 Å². The average molecular weight is 468 g/mol. The van der Waals surface area contributed by atoms with E-state index in [1.165, 1.54) is 0 Å². The normalized spacial score (nSPS) is 10.8. The highest BCUT2D eigenvalue weighted by molar-refractivity contribution is 7.80. The Balaban J connectivity index is 1.63. The van der Waals surface area contributed by atoms with Gasteiger partial charge in [-0.1, -0.05) is 17.7 Å². The fourth-order valence-corrected chi connectivity index (χ4v) is 3.81. The molecule has 2 aromatic heterocycles. The maximum atomic E-state index is 12.8. The Labute approximate surface area is 195 Å². The molecule has 0 bridgehead atoms. The topological polar surface area (TPSA) is 70.5 Å². The SMILES string of the molecule is CCOc1ccc2[nH]c(=O)c(CN(Cc3ccco3)C(=S)Nc3cccc(Cl)c3)cc2c1. The number of hydrogen-bond acceptors (Lipinski definition) is 4. The number of furan rings is 1. The van der Waals surface area contributed by atoms with E-state index in [0.717, 1.165) is 28.1 Å². The van der Waals surface area contributed by atoms with Gasteiger partial charge in [-0.25, -0.2) is 0 Å². The summed E-state index contributed by atoms with van der Waals surface area (Å²) in [6.45, 7) is 3.19. The smallest absolute Gasteiger partial charge is 0.253 e. The molecular formula is C24H22ClN3O3S. The molecular weight excluding hydrogens is 446 g/mol. The quantitative estimate of drug-likeness (QED) is 0.346. The summed E-state index contributed by atoms with van der Waals surface area (Å²) in [5.74, 6) is 1.49. The van der Waals surface area contributed by atoms with Crippen LogP contribution in [0.25, 0.3) is 10.9 Å². The molecule has 0 aliphatic rings. The fourth-order valence-electron chi connectivity index (χ4n) is 3.37. The molecule has 0 radical (unpaired) electrons. The van der Waals surface area contributed by atoms with Gasteiger partial charge in [0.2, 0.25) is 0 Å². The lowest BCUT2D eigenvalue weighted by Crippen LogP contribution is -2.35. The van der Waals surface area contributed by atoms with Crippen molar-refractivity contribution in [2.75, 3.05) is 11.9 Å². The lowest BCUT2D eigenvalue weighted by atomic mass is 10.1. The lowest BCUT2D eigenvalue weighted by molar-refractivity contribution is 0.340. The molecule has 32 heavy (non-hydrogen) atoms. The number of anilines is 1. The van der Waals surface area contributed by atoms with Crippen LogP contribution < -0.4 is 15.6 Å². The van der Waals surface area contributed by atoms with Crippen molar-refractivity contribution in [3.8, 4) is 5.75 Å². The second-order valence-electron chi connectivity index (χ2n) is 7.18. The van der Waals surface area contributed by atoms with E-state index < -0.39 is 0 Å². The number of nitrogens with one attached hydrogen (secondary N) is 2. The van der Waals surface area contributed by atoms with Gasteiger partial charge in [-0.05, 0) is 73.7 Å². The fraction of sp³-hybridized carbons (Fsp3) is 0.167. The molecule has 0 atom stereocenters. The van der Waals surface area contributed by atoms with Gasteiger partial charge >= 0.3 is 0 Å². The summed E-state index contributed by atoms with van der Waals surface area (Å²) >= 11 is 11.8. The molecule has 8 heteroatoms. The molecule has 0 spiro atoms. The molecule has 2 heterocycles. The largest absolute Gasteiger partial charge is 0.494 e. The number of benzene rings is 2. The minimum absolute atomic E-state index is 0.170. The first-order chi connectivity index (χ1) is 15.5. The number of halogens is 1. The van der Waals surface area contributed by atoms with Crippen molar-refractivity contribution < 1.29 is 9.15 Å². The van der Waals surface area contributed by atoms with Crippen LogP contribution in [-0.2, 0) is 13.1 Å². The number of H-pyrrole nitrogens is 1. The first-order valence-electron chi connectivity index (χ1n) is 10.1. The Morgan fingerprint density at radius 1 is 1.16 bits per heavy atom. The number of rotatable bonds is 7. The number of nitrogens with zero attached hydrogens (tertiary/aromatic N) is 1. The highest BCUT2D eigenvalue weighted by atomic mass is 35.5. The minimum Gasteiger partial charge on any atom is -0.494 e. The van der Waals surface area contributed by atoms with Crippen LogP contribution in [0.3, 0.4) is 0 Å². The van der Waals surface area contributed by atoms with E-state index in [2.05, 4.69) is 10.3 Å². The maximum Gasteiger partial charge on any atom is 0.253 e. The molecule has 0 saturated heterocycles. The zero-order chi connectivity index (χ0) is 22.5. The Hall–Kier alpha value is -3.29. The van der Waals surface area contributed by atoms with Crippen LogP contribution in [0.1, 0.15) is 18.2 Å². The molecule has 2 aromatic carbocycles. The van der Waals surface area contributed by atoms with Gasteiger partial charge in [0.1, 0.15) is 11.5 Å². The predicted molar refractivity (Wildman–Crippen MR) is 131 cm³/mol. The van der Waals surface area contributed by atoms with Crippen LogP contribution in [-0.4, -0.2) is 21.6 Å². The lowest BCUT2D eigenvalue weighted by Gasteiger charge is -2.25. The molecule has 6 nitrogen and oxygen atoms in total. The molecule has 4 aromatic rings. The molecule has 0 amide bonds. The van der Waals surface area contributed by atoms with E-state index >= 15 is 0 Å². The maximum absolute atomic E-state index is 12.8. The van der Waals surface area contributed by atoms with Crippen molar-refractivity contribution in [1.82, 2.24) is 9.88 Å². The summed E-state index contributed by atoms with van der Waals surface area (Å²) in [4.78, 5) is 17.6. The second kappa shape index (κ2) is 9.89. The zero-order valence-electron chi connectivity index (χ0n) is 17.4. The Bertz CT molecular complexity index is 1290. The first-order valence-corrected chi connectivity index (χ1v) is 10.9. The molecule has 0 fully saturated rings. The minimum atomic E-state index is -0.170. The van der Waals surface area contributed by atoms with Gasteiger partial charge in [-0.3, -0.25) is 4.79 Å². The average Bonchev–Trinajstić information content (AvgIpc) is 3.27. The Morgan fingerprint density at radius 2 is 2.03 bits per heavy atom. The number of aromatic amines is 1. The number of aromatic nitrogens is 1. The first kappa shape index (κ1) is 21.9. The van der Waals surface area contributed by atoms with Crippen LogP contribution in [0.4, 0.5) is 5.69 Å². The van der Waals surface area contributed by atoms with Gasteiger partial charge in [0.15, 0.2) is 5.11 Å². The van der Waals surface area contributed by atoms with E-state index in [1.54, 1.807) is 18.4 Å². The van der Waals surface area contributed by atoms with E-state index in [9.17, 15) is 4.79 Å². The van der Waals surface area contributed by atoms with E-state index in [1.807, 2.05) is 60.4 Å². The molecule has 4 rings (SSSR count). The highest BCUT2D eigenvalue weighted by Gasteiger charge is 2.16. The van der Waals surface area contributed by atoms with E-state index in [0.29, 0.717) is 28.9 Å². The van der Waals surface area contributed by atoms with Crippen LogP contribution in [0.5, 0.6) is 5.75 Å². The third-order valence-corrected chi connectivity index (χ3v) is 5.45. The van der Waals surface area contributed by atoms with Crippen LogP contribution in [0.15, 0.2) is 76.1 Å².